The van der Waals surface area contributed by atoms with Crippen molar-refractivity contribution in [2.75, 3.05) is 7.11 Å². The van der Waals surface area contributed by atoms with Crippen LogP contribution in [0.25, 0.3) is 16.9 Å². The Balaban J connectivity index is 1.64. The van der Waals surface area contributed by atoms with Gasteiger partial charge in [-0.3, -0.25) is 0 Å². The number of aromatic nitrogens is 2. The number of methoxy groups -OCH3 is 1. The summed E-state index contributed by atoms with van der Waals surface area (Å²) in [6.07, 6.45) is 3.65. The summed E-state index contributed by atoms with van der Waals surface area (Å²) in [5.41, 5.74) is 3.41. The van der Waals surface area contributed by atoms with E-state index in [0.717, 1.165) is 16.8 Å². The van der Waals surface area contributed by atoms with Gasteiger partial charge in [0.2, 0.25) is 0 Å². The number of fused-ring (bicyclic) bond motifs is 1. The van der Waals surface area contributed by atoms with Crippen molar-refractivity contribution in [1.29, 1.82) is 0 Å². The van der Waals surface area contributed by atoms with Crippen LogP contribution >= 0.6 is 23.2 Å². The molecule has 0 fully saturated rings. The fourth-order valence-corrected chi connectivity index (χ4v) is 3.37. The molecule has 0 amide bonds. The zero-order valence-corrected chi connectivity index (χ0v) is 16.0. The van der Waals surface area contributed by atoms with Crippen molar-refractivity contribution in [1.82, 2.24) is 9.38 Å². The summed E-state index contributed by atoms with van der Waals surface area (Å²) in [6, 6.07) is 17.4. The lowest BCUT2D eigenvalue weighted by Crippen LogP contribution is -1.97. The Morgan fingerprint density at radius 3 is 2.56 bits per heavy atom. The monoisotopic (exact) mass is 398 g/mol. The summed E-state index contributed by atoms with van der Waals surface area (Å²) in [5, 5.41) is 1.06. The predicted octanol–water partition coefficient (Wildman–Crippen LogP) is 5.90. The highest BCUT2D eigenvalue weighted by Crippen LogP contribution is 2.33. The molecule has 0 bridgehead atoms. The Labute approximate surface area is 166 Å². The number of pyridine rings is 1. The molecular formula is C21H16Cl2N2O2. The highest BCUT2D eigenvalue weighted by molar-refractivity contribution is 6.36. The molecule has 2 aromatic heterocycles. The molecule has 136 valence electrons. The van der Waals surface area contributed by atoms with Gasteiger partial charge in [-0.15, -0.1) is 0 Å². The molecule has 0 spiro atoms. The lowest BCUT2D eigenvalue weighted by Gasteiger charge is -2.11. The molecule has 0 radical (unpaired) electrons. The summed E-state index contributed by atoms with van der Waals surface area (Å²) in [4.78, 5) is 4.60. The molecule has 0 saturated heterocycles. The second kappa shape index (κ2) is 7.51. The van der Waals surface area contributed by atoms with E-state index in [1.807, 2.05) is 59.1 Å². The van der Waals surface area contributed by atoms with Gasteiger partial charge in [-0.05, 0) is 29.8 Å². The van der Waals surface area contributed by atoms with Gasteiger partial charge in [-0.1, -0.05) is 53.5 Å². The Bertz CT molecular complexity index is 1090. The summed E-state index contributed by atoms with van der Waals surface area (Å²) < 4.78 is 13.2. The van der Waals surface area contributed by atoms with Crippen LogP contribution in [0.3, 0.4) is 0 Å². The van der Waals surface area contributed by atoms with Crippen LogP contribution in [0, 0.1) is 0 Å². The summed E-state index contributed by atoms with van der Waals surface area (Å²) in [7, 11) is 1.62. The topological polar surface area (TPSA) is 35.8 Å². The van der Waals surface area contributed by atoms with Crippen molar-refractivity contribution in [2.24, 2.45) is 0 Å². The van der Waals surface area contributed by atoms with E-state index >= 15 is 0 Å². The minimum absolute atomic E-state index is 0.471. The number of imidazole rings is 1. The Morgan fingerprint density at radius 2 is 1.78 bits per heavy atom. The second-order valence-corrected chi connectivity index (χ2v) is 6.85. The van der Waals surface area contributed by atoms with Crippen molar-refractivity contribution >= 4 is 28.8 Å². The zero-order valence-electron chi connectivity index (χ0n) is 14.5. The van der Waals surface area contributed by atoms with Gasteiger partial charge in [0.25, 0.3) is 0 Å². The first-order valence-electron chi connectivity index (χ1n) is 8.33. The molecule has 0 unspecified atom stereocenters. The Kier molecular flexibility index (Phi) is 4.92. The molecule has 0 N–H and O–H groups in total. The number of hydrogen-bond donors (Lipinski definition) is 0. The standard InChI is InChI=1S/C21H16Cl2N2O2/c1-26-20-9-15(7-8-19(20)27-13-14-5-3-2-4-6-14)18-12-25-11-16(22)10-17(23)21(25)24-18/h2-12H,13H2,1H3. The van der Waals surface area contributed by atoms with Crippen molar-refractivity contribution in [2.45, 2.75) is 6.61 Å². The van der Waals surface area contributed by atoms with Gasteiger partial charge in [-0.25, -0.2) is 4.98 Å². The van der Waals surface area contributed by atoms with Crippen LogP contribution < -0.4 is 9.47 Å². The zero-order chi connectivity index (χ0) is 18.8. The van der Waals surface area contributed by atoms with E-state index in [4.69, 9.17) is 32.7 Å². The highest BCUT2D eigenvalue weighted by Gasteiger charge is 2.12. The van der Waals surface area contributed by atoms with Crippen LogP contribution in [0.5, 0.6) is 11.5 Å². The lowest BCUT2D eigenvalue weighted by atomic mass is 10.1. The van der Waals surface area contributed by atoms with E-state index in [9.17, 15) is 0 Å². The minimum Gasteiger partial charge on any atom is -0.493 e. The summed E-state index contributed by atoms with van der Waals surface area (Å²) in [6.45, 7) is 0.471. The average molecular weight is 399 g/mol. The fraction of sp³-hybridized carbons (Fsp3) is 0.0952. The molecule has 0 aliphatic rings. The van der Waals surface area contributed by atoms with Crippen LogP contribution in [0.4, 0.5) is 0 Å². The number of nitrogens with zero attached hydrogens (tertiary/aromatic N) is 2. The third-order valence-electron chi connectivity index (χ3n) is 4.17. The molecule has 4 nitrogen and oxygen atoms in total. The van der Waals surface area contributed by atoms with E-state index in [0.29, 0.717) is 33.8 Å². The van der Waals surface area contributed by atoms with Crippen LogP contribution in [0.15, 0.2) is 67.0 Å². The first-order valence-corrected chi connectivity index (χ1v) is 9.08. The first-order chi connectivity index (χ1) is 13.1. The maximum absolute atomic E-state index is 6.23. The van der Waals surface area contributed by atoms with Gasteiger partial charge in [0.15, 0.2) is 17.1 Å². The molecule has 0 aliphatic carbocycles. The van der Waals surface area contributed by atoms with Gasteiger partial charge >= 0.3 is 0 Å². The maximum atomic E-state index is 6.23. The molecule has 27 heavy (non-hydrogen) atoms. The molecule has 0 atom stereocenters. The summed E-state index contributed by atoms with van der Waals surface area (Å²) in [5.74, 6) is 1.32. The van der Waals surface area contributed by atoms with Crippen LogP contribution in [0.2, 0.25) is 10.0 Å². The van der Waals surface area contributed by atoms with E-state index < -0.39 is 0 Å². The van der Waals surface area contributed by atoms with Crippen LogP contribution in [0.1, 0.15) is 5.56 Å². The molecular weight excluding hydrogens is 383 g/mol. The molecule has 6 heteroatoms. The van der Waals surface area contributed by atoms with Crippen molar-refractivity contribution in [3.63, 3.8) is 0 Å². The second-order valence-electron chi connectivity index (χ2n) is 6.00. The molecule has 0 saturated carbocycles. The SMILES string of the molecule is COc1cc(-c2cn3cc(Cl)cc(Cl)c3n2)ccc1OCc1ccccc1. The number of halogens is 2. The third-order valence-corrected chi connectivity index (χ3v) is 4.65. The van der Waals surface area contributed by atoms with Gasteiger partial charge < -0.3 is 13.9 Å². The molecule has 2 aromatic carbocycles. The van der Waals surface area contributed by atoms with Crippen molar-refractivity contribution in [3.05, 3.63) is 82.6 Å². The Hall–Kier alpha value is -2.69. The predicted molar refractivity (Wildman–Crippen MR) is 108 cm³/mol. The Morgan fingerprint density at radius 1 is 0.963 bits per heavy atom. The third kappa shape index (κ3) is 3.72. The van der Waals surface area contributed by atoms with Crippen LogP contribution in [-0.2, 0) is 6.61 Å². The maximum Gasteiger partial charge on any atom is 0.161 e. The normalized spacial score (nSPS) is 10.9. The molecule has 2 heterocycles. The van der Waals surface area contributed by atoms with Gasteiger partial charge in [0.1, 0.15) is 6.61 Å². The first kappa shape index (κ1) is 17.7. The summed E-state index contributed by atoms with van der Waals surface area (Å²) >= 11 is 12.3. The van der Waals surface area contributed by atoms with Crippen LogP contribution in [-0.4, -0.2) is 16.5 Å². The molecule has 4 rings (SSSR count). The quantitative estimate of drug-likeness (QED) is 0.420. The molecule has 4 aromatic rings. The number of hydrogen-bond acceptors (Lipinski definition) is 3. The smallest absolute Gasteiger partial charge is 0.161 e. The minimum atomic E-state index is 0.471. The average Bonchev–Trinajstić information content (AvgIpc) is 3.11. The van der Waals surface area contributed by atoms with E-state index in [1.165, 1.54) is 0 Å². The largest absolute Gasteiger partial charge is 0.493 e. The molecule has 0 aliphatic heterocycles. The van der Waals surface area contributed by atoms with Gasteiger partial charge in [0.05, 0.1) is 22.8 Å². The number of ether oxygens (including phenoxy) is 2. The fourth-order valence-electron chi connectivity index (χ4n) is 2.85. The van der Waals surface area contributed by atoms with E-state index in [2.05, 4.69) is 4.98 Å². The number of rotatable bonds is 5. The highest BCUT2D eigenvalue weighted by atomic mass is 35.5. The van der Waals surface area contributed by atoms with E-state index in [-0.39, 0.29) is 0 Å². The lowest BCUT2D eigenvalue weighted by molar-refractivity contribution is 0.284. The van der Waals surface area contributed by atoms with Gasteiger partial charge in [-0.2, -0.15) is 0 Å². The van der Waals surface area contributed by atoms with E-state index in [1.54, 1.807) is 19.4 Å². The van der Waals surface area contributed by atoms with Gasteiger partial charge in [0, 0.05) is 18.0 Å². The number of benzene rings is 2. The van der Waals surface area contributed by atoms with Crippen molar-refractivity contribution in [3.8, 4) is 22.8 Å². The van der Waals surface area contributed by atoms with Crippen molar-refractivity contribution < 1.29 is 9.47 Å².